The Bertz CT molecular complexity index is 674. The largest absolute Gasteiger partial charge is 0.459 e. The summed E-state index contributed by atoms with van der Waals surface area (Å²) in [6.07, 6.45) is 1.89. The molecule has 0 bridgehead atoms. The summed E-state index contributed by atoms with van der Waals surface area (Å²) in [7, 11) is 0. The lowest BCUT2D eigenvalue weighted by Gasteiger charge is -2.11. The van der Waals surface area contributed by atoms with Crippen LogP contribution in [-0.2, 0) is 4.79 Å². The molecule has 2 rings (SSSR count). The smallest absolute Gasteiger partial charge is 0.387 e. The van der Waals surface area contributed by atoms with Crippen LogP contribution < -0.4 is 15.4 Å². The van der Waals surface area contributed by atoms with Crippen LogP contribution in [0.1, 0.15) is 23.4 Å². The molecule has 24 heavy (non-hydrogen) atoms. The van der Waals surface area contributed by atoms with Gasteiger partial charge in [-0.15, -0.1) is 0 Å². The number of halogens is 2. The molecular weight excluding hydrogens is 322 g/mol. The number of hydrogen-bond donors (Lipinski definition) is 2. The lowest BCUT2D eigenvalue weighted by atomic mass is 10.2. The van der Waals surface area contributed by atoms with Crippen LogP contribution in [-0.4, -0.2) is 25.0 Å². The molecule has 0 saturated carbocycles. The van der Waals surface area contributed by atoms with Crippen molar-refractivity contribution in [3.05, 3.63) is 48.4 Å². The molecule has 0 unspecified atom stereocenters. The zero-order valence-electron chi connectivity index (χ0n) is 12.6. The van der Waals surface area contributed by atoms with Crippen LogP contribution in [0.4, 0.5) is 14.5 Å². The topological polar surface area (TPSA) is 80.6 Å². The van der Waals surface area contributed by atoms with E-state index >= 15 is 0 Å². The lowest BCUT2D eigenvalue weighted by Crippen LogP contribution is -2.25. The normalized spacial score (nSPS) is 10.5. The average molecular weight is 338 g/mol. The zero-order valence-corrected chi connectivity index (χ0v) is 12.6. The van der Waals surface area contributed by atoms with E-state index in [1.54, 1.807) is 12.1 Å². The first-order valence-corrected chi connectivity index (χ1v) is 7.21. The Balaban J connectivity index is 1.75. The molecule has 128 valence electrons. The summed E-state index contributed by atoms with van der Waals surface area (Å²) >= 11 is 0. The van der Waals surface area contributed by atoms with Crippen molar-refractivity contribution in [3.63, 3.8) is 0 Å². The Labute approximate surface area is 136 Å². The predicted octanol–water partition coefficient (Wildman–Crippen LogP) is 3.03. The van der Waals surface area contributed by atoms with E-state index in [0.717, 1.165) is 0 Å². The first-order valence-electron chi connectivity index (χ1n) is 7.21. The van der Waals surface area contributed by atoms with Crippen LogP contribution in [0.5, 0.6) is 5.75 Å². The molecule has 6 nitrogen and oxygen atoms in total. The van der Waals surface area contributed by atoms with Crippen molar-refractivity contribution in [3.8, 4) is 5.75 Å². The van der Waals surface area contributed by atoms with Gasteiger partial charge in [0.15, 0.2) is 5.76 Å². The van der Waals surface area contributed by atoms with Gasteiger partial charge in [0.2, 0.25) is 5.91 Å². The summed E-state index contributed by atoms with van der Waals surface area (Å²) < 4.78 is 33.9. The molecule has 0 aliphatic rings. The van der Waals surface area contributed by atoms with Gasteiger partial charge in [-0.1, -0.05) is 12.1 Å². The first kappa shape index (κ1) is 17.5. The predicted molar refractivity (Wildman–Crippen MR) is 82.0 cm³/mol. The van der Waals surface area contributed by atoms with Crippen molar-refractivity contribution >= 4 is 17.5 Å². The van der Waals surface area contributed by atoms with Crippen molar-refractivity contribution < 1.29 is 27.5 Å². The van der Waals surface area contributed by atoms with Gasteiger partial charge in [-0.25, -0.2) is 0 Å². The number of nitrogens with one attached hydrogen (secondary N) is 2. The maximum Gasteiger partial charge on any atom is 0.387 e. The molecule has 0 aliphatic carbocycles. The second-order valence-corrected chi connectivity index (χ2v) is 4.76. The van der Waals surface area contributed by atoms with Gasteiger partial charge in [0, 0.05) is 13.0 Å². The number of amides is 2. The fourth-order valence-corrected chi connectivity index (χ4v) is 1.93. The molecule has 2 amide bonds. The number of carbonyl (C=O) groups is 2. The SMILES string of the molecule is O=C(CCCNC(=O)c1ccco1)Nc1ccccc1OC(F)F. The average Bonchev–Trinajstić information content (AvgIpc) is 3.07. The van der Waals surface area contributed by atoms with E-state index in [1.165, 1.54) is 30.5 Å². The minimum Gasteiger partial charge on any atom is -0.459 e. The third-order valence-electron chi connectivity index (χ3n) is 2.99. The zero-order chi connectivity index (χ0) is 17.4. The molecule has 0 fully saturated rings. The van der Waals surface area contributed by atoms with Gasteiger partial charge in [0.1, 0.15) is 5.75 Å². The van der Waals surface area contributed by atoms with E-state index in [2.05, 4.69) is 15.4 Å². The quantitative estimate of drug-likeness (QED) is 0.725. The highest BCUT2D eigenvalue weighted by Crippen LogP contribution is 2.25. The monoisotopic (exact) mass is 338 g/mol. The Hall–Kier alpha value is -2.90. The van der Waals surface area contributed by atoms with Crippen molar-refractivity contribution in [1.29, 1.82) is 0 Å². The molecule has 0 spiro atoms. The summed E-state index contributed by atoms with van der Waals surface area (Å²) in [5.74, 6) is -0.645. The van der Waals surface area contributed by atoms with Crippen LogP contribution in [0, 0.1) is 0 Å². The molecule has 1 aromatic heterocycles. The van der Waals surface area contributed by atoms with Crippen LogP contribution >= 0.6 is 0 Å². The van der Waals surface area contributed by atoms with E-state index in [0.29, 0.717) is 6.42 Å². The van der Waals surface area contributed by atoms with Gasteiger partial charge in [-0.05, 0) is 30.7 Å². The van der Waals surface area contributed by atoms with Crippen molar-refractivity contribution in [1.82, 2.24) is 5.32 Å². The van der Waals surface area contributed by atoms with E-state index < -0.39 is 6.61 Å². The molecule has 1 heterocycles. The number of hydrogen-bond acceptors (Lipinski definition) is 4. The lowest BCUT2D eigenvalue weighted by molar-refractivity contribution is -0.116. The molecule has 1 aromatic carbocycles. The van der Waals surface area contributed by atoms with Crippen molar-refractivity contribution in [2.24, 2.45) is 0 Å². The molecule has 0 aliphatic heterocycles. The second kappa shape index (κ2) is 8.66. The Morgan fingerprint density at radius 2 is 1.96 bits per heavy atom. The van der Waals surface area contributed by atoms with E-state index in [9.17, 15) is 18.4 Å². The standard InChI is InChI=1S/C16H16F2N2O4/c17-16(18)24-12-6-2-1-5-11(12)20-14(21)8-3-9-19-15(22)13-7-4-10-23-13/h1-2,4-7,10,16H,3,8-9H2,(H,19,22)(H,20,21). The molecule has 0 atom stereocenters. The Morgan fingerprint density at radius 3 is 2.67 bits per heavy atom. The van der Waals surface area contributed by atoms with E-state index in [1.807, 2.05) is 0 Å². The summed E-state index contributed by atoms with van der Waals surface area (Å²) in [6, 6.07) is 9.05. The fraction of sp³-hybridized carbons (Fsp3) is 0.250. The molecule has 0 radical (unpaired) electrons. The number of furan rings is 1. The number of rotatable bonds is 8. The van der Waals surface area contributed by atoms with Crippen molar-refractivity contribution in [2.45, 2.75) is 19.5 Å². The highest BCUT2D eigenvalue weighted by Gasteiger charge is 2.12. The number of anilines is 1. The van der Waals surface area contributed by atoms with Crippen LogP contribution in [0.2, 0.25) is 0 Å². The van der Waals surface area contributed by atoms with Crippen LogP contribution in [0.25, 0.3) is 0 Å². The summed E-state index contributed by atoms with van der Waals surface area (Å²) in [5.41, 5.74) is 0.169. The fourth-order valence-electron chi connectivity index (χ4n) is 1.93. The third-order valence-corrected chi connectivity index (χ3v) is 2.99. The van der Waals surface area contributed by atoms with Gasteiger partial charge < -0.3 is 19.8 Å². The maximum absolute atomic E-state index is 12.3. The third kappa shape index (κ3) is 5.38. The number of benzene rings is 1. The van der Waals surface area contributed by atoms with Gasteiger partial charge >= 0.3 is 6.61 Å². The number of para-hydroxylation sites is 2. The summed E-state index contributed by atoms with van der Waals surface area (Å²) in [6.45, 7) is -2.69. The number of alkyl halides is 2. The Morgan fingerprint density at radius 1 is 1.17 bits per heavy atom. The van der Waals surface area contributed by atoms with Gasteiger partial charge in [-0.2, -0.15) is 8.78 Å². The Kier molecular flexibility index (Phi) is 6.30. The van der Waals surface area contributed by atoms with Gasteiger partial charge in [-0.3, -0.25) is 9.59 Å². The molecule has 0 saturated heterocycles. The maximum atomic E-state index is 12.3. The second-order valence-electron chi connectivity index (χ2n) is 4.76. The minimum absolute atomic E-state index is 0.105. The van der Waals surface area contributed by atoms with Crippen molar-refractivity contribution in [2.75, 3.05) is 11.9 Å². The van der Waals surface area contributed by atoms with E-state index in [4.69, 9.17) is 4.42 Å². The summed E-state index contributed by atoms with van der Waals surface area (Å²) in [4.78, 5) is 23.4. The minimum atomic E-state index is -2.97. The van der Waals surface area contributed by atoms with Gasteiger partial charge in [0.25, 0.3) is 5.91 Å². The van der Waals surface area contributed by atoms with E-state index in [-0.39, 0.29) is 42.0 Å². The molecule has 2 aromatic rings. The first-order chi connectivity index (χ1) is 11.6. The molecule has 8 heteroatoms. The van der Waals surface area contributed by atoms with Gasteiger partial charge in [0.05, 0.1) is 12.0 Å². The molecule has 2 N–H and O–H groups in total. The number of ether oxygens (including phenoxy) is 1. The highest BCUT2D eigenvalue weighted by atomic mass is 19.3. The molecular formula is C16H16F2N2O4. The highest BCUT2D eigenvalue weighted by molar-refractivity contribution is 5.92. The van der Waals surface area contributed by atoms with Crippen LogP contribution in [0.3, 0.4) is 0 Å². The number of carbonyl (C=O) groups excluding carboxylic acids is 2. The summed E-state index contributed by atoms with van der Waals surface area (Å²) in [5, 5.41) is 5.11. The van der Waals surface area contributed by atoms with Crippen LogP contribution in [0.15, 0.2) is 47.1 Å².